The van der Waals surface area contributed by atoms with Crippen LogP contribution < -0.4 is 10.1 Å². The van der Waals surface area contributed by atoms with Crippen molar-refractivity contribution < 1.29 is 14.6 Å². The van der Waals surface area contributed by atoms with Crippen molar-refractivity contribution in [1.29, 1.82) is 0 Å². The third kappa shape index (κ3) is 5.76. The zero-order valence-electron chi connectivity index (χ0n) is 13.9. The molecule has 0 saturated carbocycles. The molecular weight excluding hydrogens is 266 g/mol. The Kier molecular flexibility index (Phi) is 5.40. The summed E-state index contributed by atoms with van der Waals surface area (Å²) in [5.41, 5.74) is 0.575. The molecule has 0 aliphatic rings. The topological polar surface area (TPSA) is 58.6 Å². The number of hydrogen-bond acceptors (Lipinski definition) is 3. The summed E-state index contributed by atoms with van der Waals surface area (Å²) in [7, 11) is 1.59. The number of carbonyl (C=O) groups is 1. The Hall–Kier alpha value is -1.55. The molecule has 0 aliphatic carbocycles. The molecule has 21 heavy (non-hydrogen) atoms. The monoisotopic (exact) mass is 293 g/mol. The van der Waals surface area contributed by atoms with E-state index >= 15 is 0 Å². The molecule has 0 saturated heterocycles. The van der Waals surface area contributed by atoms with Crippen LogP contribution in [0.15, 0.2) is 24.3 Å². The van der Waals surface area contributed by atoms with Crippen LogP contribution in [0.25, 0.3) is 0 Å². The molecule has 1 rings (SSSR count). The molecule has 1 aromatic carbocycles. The second-order valence-electron chi connectivity index (χ2n) is 7.31. The number of hydrogen-bond donors (Lipinski definition) is 2. The molecule has 0 amide bonds. The van der Waals surface area contributed by atoms with Crippen molar-refractivity contribution in [2.75, 3.05) is 7.11 Å². The number of aliphatic carboxylic acids is 1. The Morgan fingerprint density at radius 1 is 1.19 bits per heavy atom. The van der Waals surface area contributed by atoms with E-state index in [2.05, 4.69) is 26.1 Å². The van der Waals surface area contributed by atoms with Crippen LogP contribution >= 0.6 is 0 Å². The van der Waals surface area contributed by atoms with Gasteiger partial charge in [-0.25, -0.2) is 0 Å². The number of benzene rings is 1. The average Bonchev–Trinajstić information content (AvgIpc) is 2.33. The summed E-state index contributed by atoms with van der Waals surface area (Å²) in [5.74, 6) is -0.154. The Balaban J connectivity index is 2.94. The van der Waals surface area contributed by atoms with Crippen LogP contribution in [0.3, 0.4) is 0 Å². The maximum atomic E-state index is 11.6. The summed E-state index contributed by atoms with van der Waals surface area (Å²) in [4.78, 5) is 11.6. The fraction of sp³-hybridized carbons (Fsp3) is 0.588. The maximum Gasteiger partial charge on any atom is 0.325 e. The standard InChI is InChI=1S/C17H27NO3/c1-16(2,3)11-17(4,5)18-14(15(19)20)12-7-9-13(21-6)10-8-12/h7-10,14,18H,11H2,1-6H3,(H,19,20). The molecule has 0 aromatic heterocycles. The van der Waals surface area contributed by atoms with Crippen molar-refractivity contribution >= 4 is 5.97 Å². The minimum Gasteiger partial charge on any atom is -0.497 e. The van der Waals surface area contributed by atoms with Gasteiger partial charge in [0.1, 0.15) is 11.8 Å². The first-order chi connectivity index (χ1) is 9.54. The van der Waals surface area contributed by atoms with Crippen molar-refractivity contribution in [3.63, 3.8) is 0 Å². The first-order valence-electron chi connectivity index (χ1n) is 7.18. The normalized spacial score (nSPS) is 13.8. The van der Waals surface area contributed by atoms with Gasteiger partial charge in [-0.2, -0.15) is 0 Å². The predicted octanol–water partition coefficient (Wildman–Crippen LogP) is 3.63. The van der Waals surface area contributed by atoms with Crippen molar-refractivity contribution in [3.05, 3.63) is 29.8 Å². The smallest absolute Gasteiger partial charge is 0.325 e. The van der Waals surface area contributed by atoms with Gasteiger partial charge in [0.25, 0.3) is 0 Å². The summed E-state index contributed by atoms with van der Waals surface area (Å²) in [5, 5.41) is 12.8. The highest BCUT2D eigenvalue weighted by molar-refractivity contribution is 5.75. The lowest BCUT2D eigenvalue weighted by atomic mass is 9.81. The second-order valence-corrected chi connectivity index (χ2v) is 7.31. The van der Waals surface area contributed by atoms with Gasteiger partial charge in [-0.1, -0.05) is 32.9 Å². The van der Waals surface area contributed by atoms with Crippen LogP contribution in [0, 0.1) is 5.41 Å². The first kappa shape index (κ1) is 17.5. The van der Waals surface area contributed by atoms with E-state index in [1.54, 1.807) is 31.4 Å². The lowest BCUT2D eigenvalue weighted by Crippen LogP contribution is -2.46. The number of rotatable bonds is 6. The van der Waals surface area contributed by atoms with Gasteiger partial charge in [0, 0.05) is 5.54 Å². The van der Waals surface area contributed by atoms with Gasteiger partial charge in [-0.15, -0.1) is 0 Å². The number of carboxylic acids is 1. The van der Waals surface area contributed by atoms with E-state index in [0.29, 0.717) is 0 Å². The lowest BCUT2D eigenvalue weighted by molar-refractivity contribution is -0.140. The minimum atomic E-state index is -0.873. The summed E-state index contributed by atoms with van der Waals surface area (Å²) >= 11 is 0. The van der Waals surface area contributed by atoms with E-state index < -0.39 is 12.0 Å². The van der Waals surface area contributed by atoms with Crippen LogP contribution in [0.4, 0.5) is 0 Å². The lowest BCUT2D eigenvalue weighted by Gasteiger charge is -2.35. The predicted molar refractivity (Wildman–Crippen MR) is 84.7 cm³/mol. The number of methoxy groups -OCH3 is 1. The zero-order chi connectivity index (χ0) is 16.3. The molecular formula is C17H27NO3. The van der Waals surface area contributed by atoms with E-state index in [4.69, 9.17) is 4.74 Å². The molecule has 0 heterocycles. The van der Waals surface area contributed by atoms with E-state index in [-0.39, 0.29) is 11.0 Å². The molecule has 1 aromatic rings. The van der Waals surface area contributed by atoms with Gasteiger partial charge in [0.2, 0.25) is 0 Å². The number of ether oxygens (including phenoxy) is 1. The van der Waals surface area contributed by atoms with Crippen molar-refractivity contribution in [3.8, 4) is 5.75 Å². The number of nitrogens with one attached hydrogen (secondary N) is 1. The molecule has 0 aliphatic heterocycles. The fourth-order valence-electron chi connectivity index (χ4n) is 2.85. The van der Waals surface area contributed by atoms with Crippen molar-refractivity contribution in [1.82, 2.24) is 5.32 Å². The van der Waals surface area contributed by atoms with Crippen LogP contribution in [0.1, 0.15) is 52.6 Å². The van der Waals surface area contributed by atoms with Gasteiger partial charge in [-0.3, -0.25) is 10.1 Å². The summed E-state index contributed by atoms with van der Waals surface area (Å²) in [6.45, 7) is 10.5. The SMILES string of the molecule is COc1ccc(C(NC(C)(C)CC(C)(C)C)C(=O)O)cc1. The summed E-state index contributed by atoms with van der Waals surface area (Å²) in [6.07, 6.45) is 0.875. The maximum absolute atomic E-state index is 11.6. The van der Waals surface area contributed by atoms with Crippen LogP contribution in [0.5, 0.6) is 5.75 Å². The zero-order valence-corrected chi connectivity index (χ0v) is 13.9. The van der Waals surface area contributed by atoms with E-state index in [1.807, 2.05) is 13.8 Å². The van der Waals surface area contributed by atoms with Gasteiger partial charge in [-0.05, 0) is 43.4 Å². The van der Waals surface area contributed by atoms with Gasteiger partial charge in [0.15, 0.2) is 0 Å². The molecule has 1 unspecified atom stereocenters. The molecule has 4 nitrogen and oxygen atoms in total. The van der Waals surface area contributed by atoms with Crippen molar-refractivity contribution in [2.45, 2.75) is 52.6 Å². The Labute approximate surface area is 127 Å². The third-order valence-electron chi connectivity index (χ3n) is 3.20. The molecule has 0 bridgehead atoms. The van der Waals surface area contributed by atoms with E-state index in [9.17, 15) is 9.90 Å². The second kappa shape index (κ2) is 6.48. The quantitative estimate of drug-likeness (QED) is 0.841. The van der Waals surface area contributed by atoms with Gasteiger partial charge in [0.05, 0.1) is 7.11 Å². The fourth-order valence-corrected chi connectivity index (χ4v) is 2.85. The average molecular weight is 293 g/mol. The van der Waals surface area contributed by atoms with Gasteiger partial charge >= 0.3 is 5.97 Å². The van der Waals surface area contributed by atoms with Gasteiger partial charge < -0.3 is 9.84 Å². The molecule has 2 N–H and O–H groups in total. The minimum absolute atomic E-state index is 0.124. The highest BCUT2D eigenvalue weighted by Gasteiger charge is 2.31. The molecule has 118 valence electrons. The highest BCUT2D eigenvalue weighted by atomic mass is 16.5. The molecule has 4 heteroatoms. The summed E-state index contributed by atoms with van der Waals surface area (Å²) in [6, 6.07) is 6.41. The van der Waals surface area contributed by atoms with Crippen LogP contribution in [-0.2, 0) is 4.79 Å². The van der Waals surface area contributed by atoms with Crippen molar-refractivity contribution in [2.24, 2.45) is 5.41 Å². The first-order valence-corrected chi connectivity index (χ1v) is 7.18. The third-order valence-corrected chi connectivity index (χ3v) is 3.20. The Morgan fingerprint density at radius 2 is 1.71 bits per heavy atom. The number of carboxylic acid groups (broad SMARTS) is 1. The highest BCUT2D eigenvalue weighted by Crippen LogP contribution is 2.29. The Morgan fingerprint density at radius 3 is 2.10 bits per heavy atom. The largest absolute Gasteiger partial charge is 0.497 e. The van der Waals surface area contributed by atoms with Crippen LogP contribution in [0.2, 0.25) is 0 Å². The Bertz CT molecular complexity index is 472. The van der Waals surface area contributed by atoms with E-state index in [1.165, 1.54) is 0 Å². The van der Waals surface area contributed by atoms with E-state index in [0.717, 1.165) is 17.7 Å². The molecule has 0 spiro atoms. The summed E-state index contributed by atoms with van der Waals surface area (Å²) < 4.78 is 5.11. The molecule has 1 atom stereocenters. The molecule has 0 fully saturated rings. The molecule has 0 radical (unpaired) electrons. The van der Waals surface area contributed by atoms with Crippen LogP contribution in [-0.4, -0.2) is 23.7 Å².